The summed E-state index contributed by atoms with van der Waals surface area (Å²) in [5.74, 6) is 0.743. The highest BCUT2D eigenvalue weighted by atomic mass is 32.2. The second-order valence-electron chi connectivity index (χ2n) is 5.20. The number of hydrogen-bond acceptors (Lipinski definition) is 6. The zero-order valence-electron chi connectivity index (χ0n) is 13.6. The van der Waals surface area contributed by atoms with E-state index in [0.29, 0.717) is 18.0 Å². The fourth-order valence-corrected chi connectivity index (χ4v) is 2.92. The summed E-state index contributed by atoms with van der Waals surface area (Å²) in [6, 6.07) is 8.10. The van der Waals surface area contributed by atoms with Gasteiger partial charge in [-0.3, -0.25) is 4.79 Å². The van der Waals surface area contributed by atoms with E-state index in [1.807, 2.05) is 31.2 Å². The van der Waals surface area contributed by atoms with Gasteiger partial charge in [-0.1, -0.05) is 17.7 Å². The van der Waals surface area contributed by atoms with Crippen LogP contribution >= 0.6 is 11.8 Å². The smallest absolute Gasteiger partial charge is 0.342 e. The number of rotatable bonds is 8. The Morgan fingerprint density at radius 2 is 2.04 bits per heavy atom. The van der Waals surface area contributed by atoms with Crippen molar-refractivity contribution in [2.75, 3.05) is 12.4 Å². The molecular formula is C16H19N3O4S. The molecule has 0 aliphatic heterocycles. The van der Waals surface area contributed by atoms with Gasteiger partial charge in [-0.2, -0.15) is 0 Å². The summed E-state index contributed by atoms with van der Waals surface area (Å²) < 4.78 is 6.56. The first-order valence-corrected chi connectivity index (χ1v) is 8.47. The van der Waals surface area contributed by atoms with Crippen LogP contribution in [0.1, 0.15) is 17.8 Å². The number of imidazole rings is 1. The predicted molar refractivity (Wildman–Crippen MR) is 91.1 cm³/mol. The van der Waals surface area contributed by atoms with Crippen molar-refractivity contribution < 1.29 is 14.5 Å². The van der Waals surface area contributed by atoms with E-state index in [1.54, 1.807) is 18.7 Å². The Morgan fingerprint density at radius 1 is 1.33 bits per heavy atom. The number of aryl methyl sites for hydroxylation is 2. The first-order valence-electron chi connectivity index (χ1n) is 7.49. The third-order valence-corrected chi connectivity index (χ3v) is 4.41. The van der Waals surface area contributed by atoms with E-state index < -0.39 is 4.92 Å². The molecule has 0 unspecified atom stereocenters. The standard InChI is InChI=1S/C16H19N3O4S/c1-12-3-5-14(6-4-12)24-10-7-16(20)23-9-8-18-13(2)17-11-15(18)19(21)22/h3-6,11H,7-10H2,1-2H3. The number of ether oxygens (including phenoxy) is 1. The van der Waals surface area contributed by atoms with Gasteiger partial charge in [0.05, 0.1) is 6.42 Å². The summed E-state index contributed by atoms with van der Waals surface area (Å²) >= 11 is 1.59. The van der Waals surface area contributed by atoms with Gasteiger partial charge in [-0.05, 0) is 24.0 Å². The zero-order valence-corrected chi connectivity index (χ0v) is 14.4. The first kappa shape index (κ1) is 18.0. The molecule has 1 aromatic heterocycles. The van der Waals surface area contributed by atoms with E-state index in [0.717, 1.165) is 4.90 Å². The average molecular weight is 349 g/mol. The molecule has 0 atom stereocenters. The van der Waals surface area contributed by atoms with Crippen LogP contribution in [0.25, 0.3) is 0 Å². The molecule has 1 aromatic carbocycles. The molecule has 2 rings (SSSR count). The number of aromatic nitrogens is 2. The maximum Gasteiger partial charge on any atom is 0.342 e. The maximum atomic E-state index is 11.7. The molecular weight excluding hydrogens is 330 g/mol. The van der Waals surface area contributed by atoms with Crippen molar-refractivity contribution in [3.63, 3.8) is 0 Å². The Kier molecular flexibility index (Phi) is 6.36. The third kappa shape index (κ3) is 5.09. The lowest BCUT2D eigenvalue weighted by atomic mass is 10.2. The van der Waals surface area contributed by atoms with Crippen LogP contribution in [0.15, 0.2) is 35.4 Å². The van der Waals surface area contributed by atoms with Crippen molar-refractivity contribution in [2.24, 2.45) is 0 Å². The second kappa shape index (κ2) is 8.49. The largest absolute Gasteiger partial charge is 0.461 e. The van der Waals surface area contributed by atoms with Crippen LogP contribution in [0, 0.1) is 24.0 Å². The van der Waals surface area contributed by atoms with Gasteiger partial charge in [0.25, 0.3) is 0 Å². The van der Waals surface area contributed by atoms with E-state index >= 15 is 0 Å². The lowest BCUT2D eigenvalue weighted by Crippen LogP contribution is -2.14. The van der Waals surface area contributed by atoms with E-state index in [1.165, 1.54) is 16.3 Å². The molecule has 0 radical (unpaired) electrons. The van der Waals surface area contributed by atoms with Crippen LogP contribution in [-0.2, 0) is 16.1 Å². The van der Waals surface area contributed by atoms with Crippen LogP contribution < -0.4 is 0 Å². The predicted octanol–water partition coefficient (Wildman–Crippen LogP) is 3.13. The number of esters is 1. The van der Waals surface area contributed by atoms with Crippen molar-refractivity contribution in [3.8, 4) is 0 Å². The molecule has 0 saturated carbocycles. The zero-order chi connectivity index (χ0) is 17.5. The SMILES string of the molecule is Cc1ccc(SCCC(=O)OCCn2c([N+](=O)[O-])cnc2C)cc1. The number of carbonyl (C=O) groups is 1. The van der Waals surface area contributed by atoms with E-state index in [9.17, 15) is 14.9 Å². The summed E-state index contributed by atoms with van der Waals surface area (Å²) in [4.78, 5) is 27.1. The minimum absolute atomic E-state index is 0.0894. The molecule has 8 heteroatoms. The molecule has 128 valence electrons. The molecule has 7 nitrogen and oxygen atoms in total. The average Bonchev–Trinajstić information content (AvgIpc) is 2.91. The molecule has 0 fully saturated rings. The highest BCUT2D eigenvalue weighted by Crippen LogP contribution is 2.19. The van der Waals surface area contributed by atoms with Crippen LogP contribution in [0.4, 0.5) is 5.82 Å². The van der Waals surface area contributed by atoms with Crippen molar-refractivity contribution in [2.45, 2.75) is 31.7 Å². The number of nitrogens with zero attached hydrogens (tertiary/aromatic N) is 3. The van der Waals surface area contributed by atoms with Gasteiger partial charge >= 0.3 is 11.8 Å². The summed E-state index contributed by atoms with van der Waals surface area (Å²) in [5.41, 5.74) is 1.20. The molecule has 0 bridgehead atoms. The minimum atomic E-state index is -0.500. The van der Waals surface area contributed by atoms with E-state index in [-0.39, 0.29) is 24.9 Å². The Bertz CT molecular complexity index is 713. The minimum Gasteiger partial charge on any atom is -0.461 e. The van der Waals surface area contributed by atoms with Gasteiger partial charge in [0, 0.05) is 17.6 Å². The van der Waals surface area contributed by atoms with Gasteiger partial charge in [0.15, 0.2) is 5.82 Å². The molecule has 0 aliphatic rings. The number of nitro groups is 1. The molecule has 0 amide bonds. The van der Waals surface area contributed by atoms with Crippen molar-refractivity contribution in [1.82, 2.24) is 9.55 Å². The monoisotopic (exact) mass is 349 g/mol. The number of hydrogen-bond donors (Lipinski definition) is 0. The van der Waals surface area contributed by atoms with Crippen molar-refractivity contribution in [1.29, 1.82) is 0 Å². The molecule has 0 N–H and O–H groups in total. The normalized spacial score (nSPS) is 10.6. The van der Waals surface area contributed by atoms with Crippen LogP contribution in [0.2, 0.25) is 0 Å². The first-order chi connectivity index (χ1) is 11.5. The van der Waals surface area contributed by atoms with Crippen LogP contribution in [0.3, 0.4) is 0 Å². The van der Waals surface area contributed by atoms with Gasteiger partial charge in [0.2, 0.25) is 0 Å². The Morgan fingerprint density at radius 3 is 2.71 bits per heavy atom. The topological polar surface area (TPSA) is 87.3 Å². The number of benzene rings is 1. The molecule has 24 heavy (non-hydrogen) atoms. The van der Waals surface area contributed by atoms with Crippen molar-refractivity contribution in [3.05, 3.63) is 52.0 Å². The molecule has 0 aliphatic carbocycles. The lowest BCUT2D eigenvalue weighted by Gasteiger charge is -2.06. The Balaban J connectivity index is 1.71. The molecule has 1 heterocycles. The van der Waals surface area contributed by atoms with Crippen molar-refractivity contribution >= 4 is 23.5 Å². The van der Waals surface area contributed by atoms with Gasteiger partial charge < -0.3 is 14.9 Å². The van der Waals surface area contributed by atoms with Gasteiger partial charge in [-0.15, -0.1) is 11.8 Å². The maximum absolute atomic E-state index is 11.7. The molecule has 2 aromatic rings. The molecule has 0 saturated heterocycles. The van der Waals surface area contributed by atoms with E-state index in [4.69, 9.17) is 4.74 Å². The Labute approximate surface area is 144 Å². The van der Waals surface area contributed by atoms with Gasteiger partial charge in [0.1, 0.15) is 19.3 Å². The second-order valence-corrected chi connectivity index (χ2v) is 6.37. The number of carbonyl (C=O) groups excluding carboxylic acids is 1. The summed E-state index contributed by atoms with van der Waals surface area (Å²) in [6.45, 7) is 4.01. The van der Waals surface area contributed by atoms with Gasteiger partial charge in [-0.25, -0.2) is 9.55 Å². The van der Waals surface area contributed by atoms with E-state index in [2.05, 4.69) is 4.98 Å². The quantitative estimate of drug-likeness (QED) is 0.315. The van der Waals surface area contributed by atoms with Crippen LogP contribution in [0.5, 0.6) is 0 Å². The fraction of sp³-hybridized carbons (Fsp3) is 0.375. The fourth-order valence-electron chi connectivity index (χ4n) is 2.09. The highest BCUT2D eigenvalue weighted by Gasteiger charge is 2.17. The highest BCUT2D eigenvalue weighted by molar-refractivity contribution is 7.99. The summed E-state index contributed by atoms with van der Waals surface area (Å²) in [7, 11) is 0. The third-order valence-electron chi connectivity index (χ3n) is 3.39. The lowest BCUT2D eigenvalue weighted by molar-refractivity contribution is -0.392. The summed E-state index contributed by atoms with van der Waals surface area (Å²) in [5, 5.41) is 10.9. The Hall–Kier alpha value is -2.35. The molecule has 0 spiro atoms. The number of thioether (sulfide) groups is 1. The summed E-state index contributed by atoms with van der Waals surface area (Å²) in [6.07, 6.45) is 1.50. The van der Waals surface area contributed by atoms with Crippen LogP contribution in [-0.4, -0.2) is 32.8 Å².